The van der Waals surface area contributed by atoms with E-state index in [9.17, 15) is 10.1 Å². The van der Waals surface area contributed by atoms with Gasteiger partial charge in [0.25, 0.3) is 0 Å². The summed E-state index contributed by atoms with van der Waals surface area (Å²) in [5.74, 6) is -0.0930. The first kappa shape index (κ1) is 12.3. The molecular weight excluding hydrogens is 282 g/mol. The lowest BCUT2D eigenvalue weighted by Gasteiger charge is -2.29. The second-order valence-corrected chi connectivity index (χ2v) is 5.06. The quantitative estimate of drug-likeness (QED) is 0.788. The molecule has 1 aliphatic rings. The van der Waals surface area contributed by atoms with Crippen LogP contribution in [-0.2, 0) is 4.74 Å². The molecule has 3 nitrogen and oxygen atoms in total. The molecule has 0 atom stereocenters. The van der Waals surface area contributed by atoms with Crippen LogP contribution in [0.2, 0.25) is 0 Å². The average molecular weight is 294 g/mol. The molecule has 1 heterocycles. The van der Waals surface area contributed by atoms with E-state index < -0.39 is 5.41 Å². The highest BCUT2D eigenvalue weighted by Crippen LogP contribution is 2.34. The van der Waals surface area contributed by atoms with E-state index in [1.54, 1.807) is 12.1 Å². The predicted molar refractivity (Wildman–Crippen MR) is 66.6 cm³/mol. The van der Waals surface area contributed by atoms with Crippen molar-refractivity contribution < 1.29 is 9.53 Å². The Kier molecular flexibility index (Phi) is 3.60. The molecule has 0 radical (unpaired) electrons. The topological polar surface area (TPSA) is 50.1 Å². The molecule has 0 aliphatic carbocycles. The molecule has 1 fully saturated rings. The summed E-state index contributed by atoms with van der Waals surface area (Å²) in [6.07, 6.45) is 0.962. The third-order valence-electron chi connectivity index (χ3n) is 3.08. The fraction of sp³-hybridized carbons (Fsp3) is 0.385. The maximum absolute atomic E-state index is 12.4. The molecule has 1 saturated heterocycles. The monoisotopic (exact) mass is 293 g/mol. The van der Waals surface area contributed by atoms with Crippen LogP contribution in [0.25, 0.3) is 0 Å². The van der Waals surface area contributed by atoms with Gasteiger partial charge in [0.1, 0.15) is 5.41 Å². The number of nitrogens with zero attached hydrogens (tertiary/aromatic N) is 1. The summed E-state index contributed by atoms with van der Waals surface area (Å²) in [7, 11) is 0. The Hall–Kier alpha value is -1.18. The molecule has 0 spiro atoms. The lowest BCUT2D eigenvalue weighted by atomic mass is 9.75. The Morgan fingerprint density at radius 3 is 2.71 bits per heavy atom. The normalized spacial score (nSPS) is 18.4. The van der Waals surface area contributed by atoms with E-state index in [4.69, 9.17) is 4.74 Å². The number of ether oxygens (including phenoxy) is 1. The van der Waals surface area contributed by atoms with Gasteiger partial charge in [-0.15, -0.1) is 0 Å². The summed E-state index contributed by atoms with van der Waals surface area (Å²) in [6.45, 7) is 0.959. The second-order valence-electron chi connectivity index (χ2n) is 4.15. The number of Topliss-reactive ketones (excluding diaryl/α,β-unsaturated/α-hetero) is 1. The van der Waals surface area contributed by atoms with E-state index in [2.05, 4.69) is 22.0 Å². The number of hydrogen-bond acceptors (Lipinski definition) is 3. The molecule has 1 aromatic rings. The van der Waals surface area contributed by atoms with Crippen LogP contribution in [0.4, 0.5) is 0 Å². The van der Waals surface area contributed by atoms with Gasteiger partial charge in [-0.25, -0.2) is 0 Å². The van der Waals surface area contributed by atoms with Crippen molar-refractivity contribution in [3.63, 3.8) is 0 Å². The standard InChI is InChI=1S/C13H12BrNO2/c14-11-3-1-2-10(8-11)12(16)13(9-15)4-6-17-7-5-13/h1-3,8H,4-7H2. The van der Waals surface area contributed by atoms with Crippen molar-refractivity contribution in [1.29, 1.82) is 5.26 Å². The van der Waals surface area contributed by atoms with E-state index in [0.29, 0.717) is 31.6 Å². The van der Waals surface area contributed by atoms with Crippen LogP contribution >= 0.6 is 15.9 Å². The second kappa shape index (κ2) is 4.99. The number of nitriles is 1. The molecule has 4 heteroatoms. The highest BCUT2D eigenvalue weighted by Gasteiger charge is 2.40. The van der Waals surface area contributed by atoms with Gasteiger partial charge in [0, 0.05) is 23.2 Å². The third kappa shape index (κ3) is 2.41. The Morgan fingerprint density at radius 2 is 2.12 bits per heavy atom. The van der Waals surface area contributed by atoms with Crippen molar-refractivity contribution in [3.05, 3.63) is 34.3 Å². The summed E-state index contributed by atoms with van der Waals surface area (Å²) in [5.41, 5.74) is -0.318. The largest absolute Gasteiger partial charge is 0.381 e. The summed E-state index contributed by atoms with van der Waals surface area (Å²) in [4.78, 5) is 12.4. The molecule has 0 bridgehead atoms. The Morgan fingerprint density at radius 1 is 1.41 bits per heavy atom. The van der Waals surface area contributed by atoms with E-state index in [1.807, 2.05) is 12.1 Å². The Balaban J connectivity index is 2.32. The maximum atomic E-state index is 12.4. The van der Waals surface area contributed by atoms with Gasteiger partial charge in [-0.05, 0) is 25.0 Å². The van der Waals surface area contributed by atoms with Crippen LogP contribution in [-0.4, -0.2) is 19.0 Å². The minimum Gasteiger partial charge on any atom is -0.381 e. The molecule has 0 N–H and O–H groups in total. The Labute approximate surface area is 109 Å². The lowest BCUT2D eigenvalue weighted by Crippen LogP contribution is -2.36. The Bertz CT molecular complexity index is 473. The summed E-state index contributed by atoms with van der Waals surface area (Å²) >= 11 is 3.33. The van der Waals surface area contributed by atoms with Gasteiger partial charge in [-0.3, -0.25) is 4.79 Å². The highest BCUT2D eigenvalue weighted by molar-refractivity contribution is 9.10. The van der Waals surface area contributed by atoms with Gasteiger partial charge < -0.3 is 4.74 Å². The summed E-state index contributed by atoms with van der Waals surface area (Å²) in [5, 5.41) is 9.30. The summed E-state index contributed by atoms with van der Waals surface area (Å²) < 4.78 is 6.07. The van der Waals surface area contributed by atoms with Gasteiger partial charge in [0.2, 0.25) is 0 Å². The van der Waals surface area contributed by atoms with Crippen LogP contribution in [0.15, 0.2) is 28.7 Å². The molecule has 17 heavy (non-hydrogen) atoms. The number of carbonyl (C=O) groups is 1. The van der Waals surface area contributed by atoms with Crippen LogP contribution in [0.3, 0.4) is 0 Å². The number of halogens is 1. The first-order chi connectivity index (χ1) is 8.18. The SMILES string of the molecule is N#CC1(C(=O)c2cccc(Br)c2)CCOCC1. The molecule has 0 saturated carbocycles. The zero-order valence-corrected chi connectivity index (χ0v) is 10.9. The molecule has 1 aliphatic heterocycles. The molecule has 1 aromatic carbocycles. The van der Waals surface area contributed by atoms with Crippen molar-refractivity contribution in [3.8, 4) is 6.07 Å². The fourth-order valence-corrected chi connectivity index (χ4v) is 2.41. The van der Waals surface area contributed by atoms with Gasteiger partial charge in [0.15, 0.2) is 5.78 Å². The molecule has 0 unspecified atom stereocenters. The fourth-order valence-electron chi connectivity index (χ4n) is 2.02. The first-order valence-corrected chi connectivity index (χ1v) is 6.27. The lowest BCUT2D eigenvalue weighted by molar-refractivity contribution is 0.0355. The predicted octanol–water partition coefficient (Wildman–Crippen LogP) is 2.95. The average Bonchev–Trinajstić information content (AvgIpc) is 2.38. The number of carbonyl (C=O) groups excluding carboxylic acids is 1. The van der Waals surface area contributed by atoms with E-state index in [1.165, 1.54) is 0 Å². The van der Waals surface area contributed by atoms with Crippen LogP contribution < -0.4 is 0 Å². The van der Waals surface area contributed by atoms with Crippen molar-refractivity contribution in [2.75, 3.05) is 13.2 Å². The van der Waals surface area contributed by atoms with Crippen molar-refractivity contribution in [1.82, 2.24) is 0 Å². The van der Waals surface area contributed by atoms with E-state index >= 15 is 0 Å². The van der Waals surface area contributed by atoms with Crippen LogP contribution in [0.1, 0.15) is 23.2 Å². The smallest absolute Gasteiger partial charge is 0.183 e. The third-order valence-corrected chi connectivity index (χ3v) is 3.58. The van der Waals surface area contributed by atoms with E-state index in [0.717, 1.165) is 4.47 Å². The number of ketones is 1. The van der Waals surface area contributed by atoms with Gasteiger partial charge in [-0.2, -0.15) is 5.26 Å². The zero-order chi connectivity index (χ0) is 12.3. The number of hydrogen-bond donors (Lipinski definition) is 0. The van der Waals surface area contributed by atoms with Gasteiger partial charge in [0.05, 0.1) is 6.07 Å². The molecule has 2 rings (SSSR count). The van der Waals surface area contributed by atoms with Gasteiger partial charge >= 0.3 is 0 Å². The molecule has 0 aromatic heterocycles. The van der Waals surface area contributed by atoms with E-state index in [-0.39, 0.29) is 5.78 Å². The zero-order valence-electron chi connectivity index (χ0n) is 9.28. The minimum atomic E-state index is -0.904. The molecule has 0 amide bonds. The highest BCUT2D eigenvalue weighted by atomic mass is 79.9. The number of benzene rings is 1. The minimum absolute atomic E-state index is 0.0930. The van der Waals surface area contributed by atoms with Crippen molar-refractivity contribution in [2.24, 2.45) is 5.41 Å². The van der Waals surface area contributed by atoms with Crippen molar-refractivity contribution >= 4 is 21.7 Å². The molecule has 88 valence electrons. The maximum Gasteiger partial charge on any atom is 0.183 e. The number of rotatable bonds is 2. The van der Waals surface area contributed by atoms with Gasteiger partial charge in [-0.1, -0.05) is 28.1 Å². The summed E-state index contributed by atoms with van der Waals surface area (Å²) in [6, 6.07) is 9.37. The van der Waals surface area contributed by atoms with Crippen LogP contribution in [0.5, 0.6) is 0 Å². The first-order valence-electron chi connectivity index (χ1n) is 5.47. The molecular formula is C13H12BrNO2. The van der Waals surface area contributed by atoms with Crippen molar-refractivity contribution in [2.45, 2.75) is 12.8 Å². The van der Waals surface area contributed by atoms with Crippen LogP contribution in [0, 0.1) is 16.7 Å².